The van der Waals surface area contributed by atoms with E-state index in [1.807, 2.05) is 18.2 Å². The summed E-state index contributed by atoms with van der Waals surface area (Å²) in [5, 5.41) is 2.45. The van der Waals surface area contributed by atoms with Crippen LogP contribution in [-0.4, -0.2) is 27.8 Å². The molecule has 2 aromatic carbocycles. The number of primary amides is 1. The smallest absolute Gasteiger partial charge is 0.254 e. The van der Waals surface area contributed by atoms with Crippen molar-refractivity contribution in [3.05, 3.63) is 71.8 Å². The zero-order chi connectivity index (χ0) is 17.8. The fourth-order valence-corrected chi connectivity index (χ4v) is 2.41. The standard InChI is InChI=1S/C18H15FN4O2/c19-13-6-2-1-5-12(13)18(25)23-16(17(20)24)9-11-10-21-14-7-3-4-8-15(14)22-11/h1-8,10,16H,9H2,(H2,20,24)(H,23,25)/t16-/m0/s1. The third-order valence-corrected chi connectivity index (χ3v) is 3.68. The third-order valence-electron chi connectivity index (χ3n) is 3.68. The molecule has 0 aliphatic carbocycles. The number of fused-ring (bicyclic) bond motifs is 1. The minimum Gasteiger partial charge on any atom is -0.368 e. The molecule has 1 atom stereocenters. The number of rotatable bonds is 5. The lowest BCUT2D eigenvalue weighted by Crippen LogP contribution is -2.46. The molecule has 0 unspecified atom stereocenters. The molecule has 25 heavy (non-hydrogen) atoms. The van der Waals surface area contributed by atoms with E-state index in [4.69, 9.17) is 5.73 Å². The number of amides is 2. The van der Waals surface area contributed by atoms with Gasteiger partial charge in [0.1, 0.15) is 11.9 Å². The van der Waals surface area contributed by atoms with Gasteiger partial charge in [-0.2, -0.15) is 0 Å². The lowest BCUT2D eigenvalue weighted by molar-refractivity contribution is -0.119. The molecule has 6 nitrogen and oxygen atoms in total. The molecule has 0 radical (unpaired) electrons. The molecule has 1 aromatic heterocycles. The Kier molecular flexibility index (Phi) is 4.65. The molecule has 0 aliphatic heterocycles. The fourth-order valence-electron chi connectivity index (χ4n) is 2.41. The first-order valence-corrected chi connectivity index (χ1v) is 7.60. The predicted molar refractivity (Wildman–Crippen MR) is 90.1 cm³/mol. The number of nitrogens with one attached hydrogen (secondary N) is 1. The highest BCUT2D eigenvalue weighted by Gasteiger charge is 2.21. The Hall–Kier alpha value is -3.35. The van der Waals surface area contributed by atoms with Gasteiger partial charge < -0.3 is 11.1 Å². The van der Waals surface area contributed by atoms with Gasteiger partial charge in [-0.15, -0.1) is 0 Å². The van der Waals surface area contributed by atoms with Crippen LogP contribution in [0, 0.1) is 5.82 Å². The van der Waals surface area contributed by atoms with Crippen LogP contribution in [0.1, 0.15) is 16.1 Å². The second kappa shape index (κ2) is 7.04. The molecule has 0 aliphatic rings. The summed E-state index contributed by atoms with van der Waals surface area (Å²) >= 11 is 0. The van der Waals surface area contributed by atoms with Crippen LogP contribution in [-0.2, 0) is 11.2 Å². The van der Waals surface area contributed by atoms with Gasteiger partial charge in [0, 0.05) is 12.6 Å². The average molecular weight is 338 g/mol. The molecule has 2 amide bonds. The highest BCUT2D eigenvalue weighted by Crippen LogP contribution is 2.11. The van der Waals surface area contributed by atoms with E-state index in [9.17, 15) is 14.0 Å². The van der Waals surface area contributed by atoms with E-state index in [0.717, 1.165) is 5.52 Å². The first-order valence-electron chi connectivity index (χ1n) is 7.60. The average Bonchev–Trinajstić information content (AvgIpc) is 2.61. The molecule has 1 heterocycles. The summed E-state index contributed by atoms with van der Waals surface area (Å²) in [5.41, 5.74) is 7.10. The second-order valence-corrected chi connectivity index (χ2v) is 5.46. The molecule has 0 bridgehead atoms. The zero-order valence-corrected chi connectivity index (χ0v) is 13.1. The van der Waals surface area contributed by atoms with Gasteiger partial charge in [-0.05, 0) is 24.3 Å². The predicted octanol–water partition coefficient (Wildman–Crippen LogP) is 1.60. The quantitative estimate of drug-likeness (QED) is 0.738. The van der Waals surface area contributed by atoms with Gasteiger partial charge in [0.15, 0.2) is 0 Å². The number of nitrogens with two attached hydrogens (primary N) is 1. The Labute approximate surface area is 142 Å². The summed E-state index contributed by atoms with van der Waals surface area (Å²) in [6, 6.07) is 11.8. The lowest BCUT2D eigenvalue weighted by atomic mass is 10.1. The van der Waals surface area contributed by atoms with E-state index in [0.29, 0.717) is 11.2 Å². The van der Waals surface area contributed by atoms with Crippen molar-refractivity contribution in [2.45, 2.75) is 12.5 Å². The van der Waals surface area contributed by atoms with Crippen LogP contribution in [0.5, 0.6) is 0 Å². The molecule has 0 saturated heterocycles. The number of halogens is 1. The molecule has 126 valence electrons. The highest BCUT2D eigenvalue weighted by atomic mass is 19.1. The summed E-state index contributed by atoms with van der Waals surface area (Å²) in [6.07, 6.45) is 1.58. The normalized spacial score (nSPS) is 11.9. The third kappa shape index (κ3) is 3.77. The molecular weight excluding hydrogens is 323 g/mol. The number of nitrogens with zero attached hydrogens (tertiary/aromatic N) is 2. The summed E-state index contributed by atoms with van der Waals surface area (Å²) in [4.78, 5) is 32.5. The Morgan fingerprint density at radius 1 is 1.08 bits per heavy atom. The first kappa shape index (κ1) is 16.5. The summed E-state index contributed by atoms with van der Waals surface area (Å²) < 4.78 is 13.7. The first-order chi connectivity index (χ1) is 12.0. The van der Waals surface area contributed by atoms with E-state index < -0.39 is 23.7 Å². The Morgan fingerprint density at radius 3 is 2.48 bits per heavy atom. The van der Waals surface area contributed by atoms with Gasteiger partial charge >= 0.3 is 0 Å². The van der Waals surface area contributed by atoms with Crippen LogP contribution in [0.4, 0.5) is 4.39 Å². The Balaban J connectivity index is 1.80. The van der Waals surface area contributed by atoms with E-state index >= 15 is 0 Å². The van der Waals surface area contributed by atoms with Crippen molar-refractivity contribution >= 4 is 22.8 Å². The van der Waals surface area contributed by atoms with Crippen molar-refractivity contribution in [1.82, 2.24) is 15.3 Å². The summed E-state index contributed by atoms with van der Waals surface area (Å²) in [5.74, 6) is -2.12. The van der Waals surface area contributed by atoms with Gasteiger partial charge in [0.05, 0.1) is 22.3 Å². The summed E-state index contributed by atoms with van der Waals surface area (Å²) in [7, 11) is 0. The number of benzene rings is 2. The van der Waals surface area contributed by atoms with E-state index in [1.165, 1.54) is 30.5 Å². The minimum absolute atomic E-state index is 0.0629. The van der Waals surface area contributed by atoms with Crippen LogP contribution in [0.15, 0.2) is 54.7 Å². The number of aromatic nitrogens is 2. The minimum atomic E-state index is -1.03. The zero-order valence-electron chi connectivity index (χ0n) is 13.1. The number of para-hydroxylation sites is 2. The fraction of sp³-hybridized carbons (Fsp3) is 0.111. The maximum atomic E-state index is 13.7. The van der Waals surface area contributed by atoms with Crippen molar-refractivity contribution in [3.8, 4) is 0 Å². The van der Waals surface area contributed by atoms with Crippen molar-refractivity contribution in [3.63, 3.8) is 0 Å². The maximum absolute atomic E-state index is 13.7. The summed E-state index contributed by atoms with van der Waals surface area (Å²) in [6.45, 7) is 0. The van der Waals surface area contributed by atoms with Gasteiger partial charge in [-0.25, -0.2) is 9.37 Å². The maximum Gasteiger partial charge on any atom is 0.254 e. The highest BCUT2D eigenvalue weighted by molar-refractivity contribution is 5.97. The van der Waals surface area contributed by atoms with Gasteiger partial charge in [-0.1, -0.05) is 24.3 Å². The Morgan fingerprint density at radius 2 is 1.76 bits per heavy atom. The largest absolute Gasteiger partial charge is 0.368 e. The lowest BCUT2D eigenvalue weighted by Gasteiger charge is -2.15. The van der Waals surface area contributed by atoms with Gasteiger partial charge in [0.25, 0.3) is 5.91 Å². The van der Waals surface area contributed by atoms with Crippen LogP contribution < -0.4 is 11.1 Å². The molecule has 0 fully saturated rings. The Bertz CT molecular complexity index is 945. The molecule has 3 N–H and O–H groups in total. The van der Waals surface area contributed by atoms with Crippen LogP contribution in [0.2, 0.25) is 0 Å². The molecule has 7 heteroatoms. The van der Waals surface area contributed by atoms with E-state index in [2.05, 4.69) is 15.3 Å². The second-order valence-electron chi connectivity index (χ2n) is 5.46. The molecular formula is C18H15FN4O2. The molecule has 3 rings (SSSR count). The van der Waals surface area contributed by atoms with Crippen molar-refractivity contribution in [2.75, 3.05) is 0 Å². The van der Waals surface area contributed by atoms with Crippen molar-refractivity contribution < 1.29 is 14.0 Å². The number of hydrogen-bond donors (Lipinski definition) is 2. The van der Waals surface area contributed by atoms with Crippen LogP contribution >= 0.6 is 0 Å². The van der Waals surface area contributed by atoms with Crippen molar-refractivity contribution in [2.24, 2.45) is 5.73 Å². The molecule has 0 spiro atoms. The monoisotopic (exact) mass is 338 g/mol. The molecule has 0 saturated carbocycles. The number of carbonyl (C=O) groups excluding carboxylic acids is 2. The van der Waals surface area contributed by atoms with Crippen LogP contribution in [0.3, 0.4) is 0 Å². The number of hydrogen-bond acceptors (Lipinski definition) is 4. The van der Waals surface area contributed by atoms with E-state index in [1.54, 1.807) is 6.07 Å². The number of carbonyl (C=O) groups is 2. The SMILES string of the molecule is NC(=O)[C@H](Cc1cnc2ccccc2n1)NC(=O)c1ccccc1F. The van der Waals surface area contributed by atoms with E-state index in [-0.39, 0.29) is 12.0 Å². The topological polar surface area (TPSA) is 98.0 Å². The molecule has 3 aromatic rings. The van der Waals surface area contributed by atoms with Crippen molar-refractivity contribution in [1.29, 1.82) is 0 Å². The van der Waals surface area contributed by atoms with Gasteiger partial charge in [0.2, 0.25) is 5.91 Å². The van der Waals surface area contributed by atoms with Gasteiger partial charge in [-0.3, -0.25) is 14.6 Å². The van der Waals surface area contributed by atoms with Crippen LogP contribution in [0.25, 0.3) is 11.0 Å².